The van der Waals surface area contributed by atoms with E-state index >= 15 is 0 Å². The van der Waals surface area contributed by atoms with Gasteiger partial charge in [0.2, 0.25) is 0 Å². The van der Waals surface area contributed by atoms with E-state index in [1.54, 1.807) is 84.2 Å². The number of nitrogens with one attached hydrogen (secondary N) is 3. The van der Waals surface area contributed by atoms with E-state index in [-0.39, 0.29) is 15.8 Å². The molecular formula is C24H19N3O4S2. The zero-order valence-corrected chi connectivity index (χ0v) is 18.8. The van der Waals surface area contributed by atoms with Crippen molar-refractivity contribution in [3.8, 4) is 0 Å². The van der Waals surface area contributed by atoms with Gasteiger partial charge in [-0.05, 0) is 60.0 Å². The quantitative estimate of drug-likeness (QED) is 0.346. The second-order valence-electron chi connectivity index (χ2n) is 6.93. The number of hydrogen-bond donors (Lipinski definition) is 3. The lowest BCUT2D eigenvalue weighted by molar-refractivity contribution is 0.102. The lowest BCUT2D eigenvalue weighted by atomic mass is 10.1. The molecule has 1 heterocycles. The van der Waals surface area contributed by atoms with Crippen LogP contribution in [0.15, 0.2) is 101 Å². The summed E-state index contributed by atoms with van der Waals surface area (Å²) >= 11 is 1.10. The van der Waals surface area contributed by atoms with E-state index in [4.69, 9.17) is 0 Å². The molecule has 7 nitrogen and oxygen atoms in total. The number of thiophene rings is 1. The number of amides is 2. The Morgan fingerprint density at radius 2 is 1.24 bits per heavy atom. The van der Waals surface area contributed by atoms with Gasteiger partial charge in [0.05, 0.1) is 11.4 Å². The van der Waals surface area contributed by atoms with Crippen LogP contribution >= 0.6 is 11.3 Å². The Balaban J connectivity index is 1.45. The van der Waals surface area contributed by atoms with Crippen LogP contribution in [0.3, 0.4) is 0 Å². The van der Waals surface area contributed by atoms with Gasteiger partial charge in [-0.15, -0.1) is 11.3 Å². The number of anilines is 3. The molecule has 0 radical (unpaired) electrons. The summed E-state index contributed by atoms with van der Waals surface area (Å²) in [6, 6.07) is 24.9. The van der Waals surface area contributed by atoms with Gasteiger partial charge in [0.15, 0.2) is 0 Å². The van der Waals surface area contributed by atoms with Gasteiger partial charge < -0.3 is 10.6 Å². The minimum atomic E-state index is -3.76. The summed E-state index contributed by atoms with van der Waals surface area (Å²) in [5, 5.41) is 7.18. The third kappa shape index (κ3) is 5.46. The van der Waals surface area contributed by atoms with Crippen LogP contribution in [-0.4, -0.2) is 20.2 Å². The van der Waals surface area contributed by atoms with E-state index in [1.165, 1.54) is 6.07 Å². The first-order chi connectivity index (χ1) is 15.9. The Kier molecular flexibility index (Phi) is 6.53. The van der Waals surface area contributed by atoms with Crippen LogP contribution in [0.1, 0.15) is 20.7 Å². The first kappa shape index (κ1) is 22.3. The van der Waals surface area contributed by atoms with Crippen LogP contribution in [0.2, 0.25) is 0 Å². The second kappa shape index (κ2) is 9.68. The van der Waals surface area contributed by atoms with E-state index < -0.39 is 15.9 Å². The summed E-state index contributed by atoms with van der Waals surface area (Å²) < 4.78 is 27.8. The van der Waals surface area contributed by atoms with Gasteiger partial charge in [0.25, 0.3) is 21.8 Å². The SMILES string of the molecule is O=C(Nc1ccc(C(=O)Nc2ccccc2NS(=O)(=O)c2cccs2)cc1)c1ccccc1. The minimum Gasteiger partial charge on any atom is -0.322 e. The number of rotatable bonds is 7. The summed E-state index contributed by atoms with van der Waals surface area (Å²) in [5.74, 6) is -0.668. The Bertz CT molecular complexity index is 1370. The Morgan fingerprint density at radius 3 is 1.91 bits per heavy atom. The molecule has 0 aliphatic heterocycles. The molecule has 0 saturated carbocycles. The van der Waals surface area contributed by atoms with Crippen LogP contribution in [0, 0.1) is 0 Å². The summed E-state index contributed by atoms with van der Waals surface area (Å²) in [7, 11) is -3.76. The number of carbonyl (C=O) groups is 2. The predicted octanol–water partition coefficient (Wildman–Crippen LogP) is 5.05. The fourth-order valence-electron chi connectivity index (χ4n) is 2.98. The molecule has 0 saturated heterocycles. The summed E-state index contributed by atoms with van der Waals surface area (Å²) in [6.45, 7) is 0. The van der Waals surface area contributed by atoms with E-state index in [9.17, 15) is 18.0 Å². The van der Waals surface area contributed by atoms with Crippen LogP contribution in [0.25, 0.3) is 0 Å². The molecule has 166 valence electrons. The zero-order valence-electron chi connectivity index (χ0n) is 17.2. The standard InChI is InChI=1S/C24H19N3O4S2/c28-23(17-7-2-1-3-8-17)25-19-14-12-18(13-15-19)24(29)26-20-9-4-5-10-21(20)27-33(30,31)22-11-6-16-32-22/h1-16,27H,(H,25,28)(H,26,29). The van der Waals surface area contributed by atoms with Crippen molar-refractivity contribution in [3.05, 3.63) is 108 Å². The third-order valence-corrected chi connectivity index (χ3v) is 7.38. The lowest BCUT2D eigenvalue weighted by Crippen LogP contribution is -2.17. The van der Waals surface area contributed by atoms with E-state index in [0.29, 0.717) is 22.5 Å². The first-order valence-electron chi connectivity index (χ1n) is 9.85. The third-order valence-electron chi connectivity index (χ3n) is 4.62. The molecule has 3 N–H and O–H groups in total. The first-order valence-corrected chi connectivity index (χ1v) is 12.2. The van der Waals surface area contributed by atoms with Crippen molar-refractivity contribution in [2.75, 3.05) is 15.4 Å². The van der Waals surface area contributed by atoms with Crippen molar-refractivity contribution in [3.63, 3.8) is 0 Å². The highest BCUT2D eigenvalue weighted by atomic mass is 32.2. The summed E-state index contributed by atoms with van der Waals surface area (Å²) in [6.07, 6.45) is 0. The van der Waals surface area contributed by atoms with Crippen molar-refractivity contribution < 1.29 is 18.0 Å². The van der Waals surface area contributed by atoms with Gasteiger partial charge in [-0.2, -0.15) is 0 Å². The fourth-order valence-corrected chi connectivity index (χ4v) is 5.06. The average molecular weight is 478 g/mol. The summed E-state index contributed by atoms with van der Waals surface area (Å²) in [4.78, 5) is 25.0. The van der Waals surface area contributed by atoms with Crippen molar-refractivity contribution in [1.29, 1.82) is 0 Å². The van der Waals surface area contributed by atoms with Gasteiger partial charge in [-0.1, -0.05) is 36.4 Å². The molecule has 1 aromatic heterocycles. The maximum atomic E-state index is 12.7. The molecule has 4 aromatic rings. The number of sulfonamides is 1. The fraction of sp³-hybridized carbons (Fsp3) is 0. The Labute approximate surface area is 195 Å². The van der Waals surface area contributed by atoms with Gasteiger partial charge in [-0.25, -0.2) is 8.42 Å². The number of benzene rings is 3. The molecule has 2 amide bonds. The Morgan fingerprint density at radius 1 is 0.636 bits per heavy atom. The molecule has 33 heavy (non-hydrogen) atoms. The Hall–Kier alpha value is -3.95. The molecular weight excluding hydrogens is 458 g/mol. The normalized spacial score (nSPS) is 10.9. The highest BCUT2D eigenvalue weighted by Gasteiger charge is 2.18. The molecule has 0 spiro atoms. The smallest absolute Gasteiger partial charge is 0.271 e. The number of carbonyl (C=O) groups excluding carboxylic acids is 2. The van der Waals surface area contributed by atoms with Crippen LogP contribution in [-0.2, 0) is 10.0 Å². The van der Waals surface area contributed by atoms with Gasteiger partial charge in [0, 0.05) is 16.8 Å². The molecule has 0 fully saturated rings. The van der Waals surface area contributed by atoms with Crippen LogP contribution < -0.4 is 15.4 Å². The second-order valence-corrected chi connectivity index (χ2v) is 9.79. The molecule has 0 aliphatic carbocycles. The zero-order chi connectivity index (χ0) is 23.3. The van der Waals surface area contributed by atoms with Crippen LogP contribution in [0.4, 0.5) is 17.1 Å². The van der Waals surface area contributed by atoms with Gasteiger partial charge >= 0.3 is 0 Å². The summed E-state index contributed by atoms with van der Waals surface area (Å²) in [5.41, 5.74) is 2.00. The predicted molar refractivity (Wildman–Crippen MR) is 130 cm³/mol. The lowest BCUT2D eigenvalue weighted by Gasteiger charge is -2.13. The largest absolute Gasteiger partial charge is 0.322 e. The molecule has 9 heteroatoms. The maximum Gasteiger partial charge on any atom is 0.271 e. The average Bonchev–Trinajstić information content (AvgIpc) is 3.37. The van der Waals surface area contributed by atoms with Crippen LogP contribution in [0.5, 0.6) is 0 Å². The monoisotopic (exact) mass is 477 g/mol. The molecule has 3 aromatic carbocycles. The van der Waals surface area contributed by atoms with E-state index in [0.717, 1.165) is 11.3 Å². The van der Waals surface area contributed by atoms with Crippen molar-refractivity contribution in [2.45, 2.75) is 4.21 Å². The van der Waals surface area contributed by atoms with Crippen molar-refractivity contribution >= 4 is 50.2 Å². The minimum absolute atomic E-state index is 0.178. The number of hydrogen-bond acceptors (Lipinski definition) is 5. The van der Waals surface area contributed by atoms with E-state index in [2.05, 4.69) is 15.4 Å². The maximum absolute atomic E-state index is 12.7. The topological polar surface area (TPSA) is 104 Å². The van der Waals surface area contributed by atoms with E-state index in [1.807, 2.05) is 6.07 Å². The van der Waals surface area contributed by atoms with Gasteiger partial charge in [0.1, 0.15) is 4.21 Å². The molecule has 4 rings (SSSR count). The molecule has 0 atom stereocenters. The molecule has 0 unspecified atom stereocenters. The molecule has 0 bridgehead atoms. The highest BCUT2D eigenvalue weighted by molar-refractivity contribution is 7.94. The number of para-hydroxylation sites is 2. The van der Waals surface area contributed by atoms with Gasteiger partial charge in [-0.3, -0.25) is 14.3 Å². The molecule has 0 aliphatic rings. The highest BCUT2D eigenvalue weighted by Crippen LogP contribution is 2.26. The van der Waals surface area contributed by atoms with Crippen molar-refractivity contribution in [2.24, 2.45) is 0 Å². The van der Waals surface area contributed by atoms with Crippen molar-refractivity contribution in [1.82, 2.24) is 0 Å².